The Bertz CT molecular complexity index is 544. The lowest BCUT2D eigenvalue weighted by Gasteiger charge is -2.16. The maximum atomic E-state index is 12.9. The lowest BCUT2D eigenvalue weighted by Crippen LogP contribution is -2.21. The van der Waals surface area contributed by atoms with Crippen molar-refractivity contribution in [2.75, 3.05) is 19.0 Å². The molecule has 0 aromatic heterocycles. The van der Waals surface area contributed by atoms with E-state index in [4.69, 9.17) is 4.74 Å². The van der Waals surface area contributed by atoms with Gasteiger partial charge in [-0.3, -0.25) is 0 Å². The van der Waals surface area contributed by atoms with Crippen LogP contribution in [0.4, 0.5) is 18.9 Å². The fourth-order valence-corrected chi connectivity index (χ4v) is 1.83. The van der Waals surface area contributed by atoms with Gasteiger partial charge < -0.3 is 14.8 Å². The number of methoxy groups -OCH3 is 1. The molecule has 1 aromatic carbocycles. The van der Waals surface area contributed by atoms with Crippen LogP contribution in [-0.4, -0.2) is 25.9 Å². The number of benzene rings is 1. The summed E-state index contributed by atoms with van der Waals surface area (Å²) in [5, 5.41) is 2.20. The Morgan fingerprint density at radius 3 is 2.62 bits per heavy atom. The van der Waals surface area contributed by atoms with E-state index < -0.39 is 17.8 Å². The van der Waals surface area contributed by atoms with E-state index in [2.05, 4.69) is 10.1 Å². The maximum Gasteiger partial charge on any atom is 0.431 e. The summed E-state index contributed by atoms with van der Waals surface area (Å²) in [6.45, 7) is 1.51. The van der Waals surface area contributed by atoms with Crippen molar-refractivity contribution in [2.24, 2.45) is 0 Å². The molecule has 1 rings (SSSR count). The Hall–Kier alpha value is -1.45. The smallest absolute Gasteiger partial charge is 0.431 e. The van der Waals surface area contributed by atoms with E-state index in [-0.39, 0.29) is 12.3 Å². The highest BCUT2D eigenvalue weighted by Crippen LogP contribution is 2.31. The highest BCUT2D eigenvalue weighted by atomic mass is 127. The summed E-state index contributed by atoms with van der Waals surface area (Å²) in [6.07, 6.45) is -4.32. The van der Waals surface area contributed by atoms with Crippen LogP contribution in [0, 0.1) is 3.57 Å². The van der Waals surface area contributed by atoms with Gasteiger partial charge in [-0.2, -0.15) is 13.2 Å². The Morgan fingerprint density at radius 1 is 1.43 bits per heavy atom. The van der Waals surface area contributed by atoms with Crippen LogP contribution >= 0.6 is 22.6 Å². The third-order valence-corrected chi connectivity index (χ3v) is 3.24. The Morgan fingerprint density at radius 2 is 2.10 bits per heavy atom. The second-order valence-corrected chi connectivity index (χ2v) is 4.94. The molecule has 1 N–H and O–H groups in total. The molecule has 0 aliphatic heterocycles. The normalized spacial score (nSPS) is 12.0. The first-order valence-electron chi connectivity index (χ1n) is 5.84. The summed E-state index contributed by atoms with van der Waals surface area (Å²) in [7, 11) is 1.41. The third kappa shape index (κ3) is 5.44. The van der Waals surface area contributed by atoms with Crippen molar-refractivity contribution < 1.29 is 27.4 Å². The summed E-state index contributed by atoms with van der Waals surface area (Å²) >= 11 is 1.88. The van der Waals surface area contributed by atoms with Crippen molar-refractivity contribution in [2.45, 2.75) is 13.1 Å². The van der Waals surface area contributed by atoms with Gasteiger partial charge in [0.1, 0.15) is 11.4 Å². The Kier molecular flexibility index (Phi) is 6.31. The van der Waals surface area contributed by atoms with Crippen molar-refractivity contribution in [3.05, 3.63) is 33.5 Å². The summed E-state index contributed by atoms with van der Waals surface area (Å²) in [5.41, 5.74) is -1.02. The van der Waals surface area contributed by atoms with Crippen molar-refractivity contribution in [3.63, 3.8) is 0 Å². The molecule has 0 saturated heterocycles. The monoisotopic (exact) mass is 415 g/mol. The third-order valence-electron chi connectivity index (χ3n) is 2.30. The summed E-state index contributed by atoms with van der Waals surface area (Å²) in [6, 6.07) is 4.63. The number of rotatable bonds is 5. The minimum absolute atomic E-state index is 0.00281. The lowest BCUT2D eigenvalue weighted by molar-refractivity contribution is -0.138. The van der Waals surface area contributed by atoms with Crippen LogP contribution in [0.15, 0.2) is 30.0 Å². The maximum absolute atomic E-state index is 12.9. The van der Waals surface area contributed by atoms with E-state index in [1.807, 2.05) is 22.6 Å². The van der Waals surface area contributed by atoms with Gasteiger partial charge in [0.05, 0.1) is 25.5 Å². The molecule has 0 spiro atoms. The highest BCUT2D eigenvalue weighted by molar-refractivity contribution is 14.1. The fraction of sp³-hybridized carbons (Fsp3) is 0.308. The van der Waals surface area contributed by atoms with Crippen LogP contribution in [0.2, 0.25) is 0 Å². The predicted molar refractivity (Wildman–Crippen MR) is 80.1 cm³/mol. The number of nitrogens with one attached hydrogen (secondary N) is 1. The number of anilines is 1. The molecule has 0 heterocycles. The standard InChI is InChI=1S/C13H13F3INO3/c1-3-21-12(19)7-11(13(14,15)16)18-10-6-8(20-2)4-5-9(10)17/h4-7,18H,3H2,1-2H3/b11-7+. The largest absolute Gasteiger partial charge is 0.497 e. The zero-order valence-corrected chi connectivity index (χ0v) is 13.4. The molecule has 0 fully saturated rings. The molecule has 0 aliphatic rings. The number of allylic oxidation sites excluding steroid dienone is 1. The first-order valence-corrected chi connectivity index (χ1v) is 6.92. The predicted octanol–water partition coefficient (Wildman–Crippen LogP) is 3.72. The summed E-state index contributed by atoms with van der Waals surface area (Å²) < 4.78 is 48.9. The molecule has 0 bridgehead atoms. The Balaban J connectivity index is 3.10. The average molecular weight is 415 g/mol. The lowest BCUT2D eigenvalue weighted by atomic mass is 10.2. The van der Waals surface area contributed by atoms with E-state index >= 15 is 0 Å². The molecule has 116 valence electrons. The van der Waals surface area contributed by atoms with Gasteiger partial charge in [0.25, 0.3) is 0 Å². The molecule has 0 radical (unpaired) electrons. The quantitative estimate of drug-likeness (QED) is 0.453. The van der Waals surface area contributed by atoms with Crippen molar-refractivity contribution in [1.82, 2.24) is 0 Å². The van der Waals surface area contributed by atoms with Crippen LogP contribution in [0.1, 0.15) is 6.92 Å². The Labute approximate surface area is 133 Å². The molecule has 1 aromatic rings. The van der Waals surface area contributed by atoms with Crippen molar-refractivity contribution >= 4 is 34.2 Å². The summed E-state index contributed by atoms with van der Waals surface area (Å²) in [5.74, 6) is -0.661. The minimum Gasteiger partial charge on any atom is -0.497 e. The van der Waals surface area contributed by atoms with Gasteiger partial charge >= 0.3 is 12.1 Å². The van der Waals surface area contributed by atoms with Crippen molar-refractivity contribution in [1.29, 1.82) is 0 Å². The van der Waals surface area contributed by atoms with Gasteiger partial charge in [-0.15, -0.1) is 0 Å². The average Bonchev–Trinajstić information content (AvgIpc) is 2.39. The van der Waals surface area contributed by atoms with Gasteiger partial charge in [-0.05, 0) is 41.6 Å². The van der Waals surface area contributed by atoms with Crippen LogP contribution in [0.25, 0.3) is 0 Å². The first kappa shape index (κ1) is 17.6. The first-order chi connectivity index (χ1) is 9.77. The van der Waals surface area contributed by atoms with Crippen molar-refractivity contribution in [3.8, 4) is 5.75 Å². The summed E-state index contributed by atoms with van der Waals surface area (Å²) in [4.78, 5) is 11.2. The molecule has 21 heavy (non-hydrogen) atoms. The molecular formula is C13H13F3INO3. The molecule has 0 unspecified atom stereocenters. The SMILES string of the molecule is CCOC(=O)/C=C(/Nc1cc(OC)ccc1I)C(F)(F)F. The molecule has 0 aliphatic carbocycles. The van der Waals surface area contributed by atoms with Gasteiger partial charge in [0.15, 0.2) is 0 Å². The molecule has 4 nitrogen and oxygen atoms in total. The minimum atomic E-state index is -4.71. The van der Waals surface area contributed by atoms with E-state index in [1.54, 1.807) is 12.1 Å². The highest BCUT2D eigenvalue weighted by Gasteiger charge is 2.35. The van der Waals surface area contributed by atoms with Gasteiger partial charge in [0.2, 0.25) is 0 Å². The number of esters is 1. The van der Waals surface area contributed by atoms with Gasteiger partial charge in [0, 0.05) is 9.64 Å². The molecule has 0 amide bonds. The van der Waals surface area contributed by atoms with E-state index in [0.29, 0.717) is 15.4 Å². The molecule has 0 atom stereocenters. The molecular weight excluding hydrogens is 402 g/mol. The van der Waals surface area contributed by atoms with Gasteiger partial charge in [-0.1, -0.05) is 0 Å². The topological polar surface area (TPSA) is 47.6 Å². The fourth-order valence-electron chi connectivity index (χ4n) is 1.36. The number of alkyl halides is 3. The number of carbonyl (C=O) groups is 1. The van der Waals surface area contributed by atoms with Crippen LogP contribution in [0.3, 0.4) is 0 Å². The number of halogens is 4. The molecule has 8 heteroatoms. The van der Waals surface area contributed by atoms with Crippen LogP contribution in [0.5, 0.6) is 5.75 Å². The zero-order valence-electron chi connectivity index (χ0n) is 11.3. The van der Waals surface area contributed by atoms with Crippen LogP contribution < -0.4 is 10.1 Å². The number of hydrogen-bond donors (Lipinski definition) is 1. The molecule has 0 saturated carbocycles. The van der Waals surface area contributed by atoms with E-state index in [1.165, 1.54) is 20.1 Å². The second-order valence-electron chi connectivity index (χ2n) is 3.78. The zero-order chi connectivity index (χ0) is 16.0. The van der Waals surface area contributed by atoms with E-state index in [0.717, 1.165) is 0 Å². The number of ether oxygens (including phenoxy) is 2. The number of hydrogen-bond acceptors (Lipinski definition) is 4. The van der Waals surface area contributed by atoms with Gasteiger partial charge in [-0.25, -0.2) is 4.79 Å². The van der Waals surface area contributed by atoms with E-state index in [9.17, 15) is 18.0 Å². The number of carbonyl (C=O) groups excluding carboxylic acids is 1. The van der Waals surface area contributed by atoms with Crippen LogP contribution in [-0.2, 0) is 9.53 Å². The second kappa shape index (κ2) is 7.53.